The Morgan fingerprint density at radius 1 is 1.00 bits per heavy atom. The summed E-state index contributed by atoms with van der Waals surface area (Å²) >= 11 is 0. The lowest BCUT2D eigenvalue weighted by atomic mass is 10.3. The number of halogens is 1. The van der Waals surface area contributed by atoms with Crippen molar-refractivity contribution >= 4 is 22.7 Å². The van der Waals surface area contributed by atoms with Crippen molar-refractivity contribution in [3.63, 3.8) is 0 Å². The van der Waals surface area contributed by atoms with Gasteiger partial charge in [-0.3, -0.25) is 0 Å². The Hall–Kier alpha value is -1.91. The fourth-order valence-corrected chi connectivity index (χ4v) is 1.05. The number of anilines is 2. The Bertz CT molecular complexity index is 469. The molecular formula is C8H7FN4. The van der Waals surface area contributed by atoms with Crippen LogP contribution in [-0.4, -0.2) is 9.97 Å². The average Bonchev–Trinajstić information content (AvgIpc) is 2.08. The fourth-order valence-electron chi connectivity index (χ4n) is 1.05. The number of nitrogens with zero attached hydrogens (tertiary/aromatic N) is 2. The van der Waals surface area contributed by atoms with Crippen molar-refractivity contribution in [3.8, 4) is 0 Å². The van der Waals surface area contributed by atoms with Crippen LogP contribution in [0.1, 0.15) is 0 Å². The minimum absolute atomic E-state index is 0.123. The van der Waals surface area contributed by atoms with Gasteiger partial charge in [0, 0.05) is 6.07 Å². The third-order valence-corrected chi connectivity index (χ3v) is 1.68. The summed E-state index contributed by atoms with van der Waals surface area (Å²) in [5, 5.41) is 0. The molecule has 0 aliphatic rings. The highest BCUT2D eigenvalue weighted by atomic mass is 19.1. The van der Waals surface area contributed by atoms with Crippen LogP contribution < -0.4 is 11.5 Å². The molecule has 1 aromatic carbocycles. The molecule has 0 amide bonds. The zero-order valence-corrected chi connectivity index (χ0v) is 6.66. The van der Waals surface area contributed by atoms with Crippen molar-refractivity contribution in [2.24, 2.45) is 0 Å². The normalized spacial score (nSPS) is 10.5. The van der Waals surface area contributed by atoms with Gasteiger partial charge in [-0.15, -0.1) is 0 Å². The van der Waals surface area contributed by atoms with E-state index in [4.69, 9.17) is 11.5 Å². The average molecular weight is 178 g/mol. The van der Waals surface area contributed by atoms with Gasteiger partial charge < -0.3 is 11.5 Å². The molecule has 4 N–H and O–H groups in total. The molecule has 0 aliphatic carbocycles. The summed E-state index contributed by atoms with van der Waals surface area (Å²) in [4.78, 5) is 7.83. The zero-order chi connectivity index (χ0) is 9.42. The lowest BCUT2D eigenvalue weighted by Gasteiger charge is -2.00. The third-order valence-electron chi connectivity index (χ3n) is 1.68. The molecule has 0 saturated heterocycles. The van der Waals surface area contributed by atoms with Crippen LogP contribution in [0.3, 0.4) is 0 Å². The van der Waals surface area contributed by atoms with Crippen LogP contribution in [0.4, 0.5) is 16.0 Å². The van der Waals surface area contributed by atoms with Gasteiger partial charge in [-0.2, -0.15) is 0 Å². The largest absolute Gasteiger partial charge is 0.381 e. The van der Waals surface area contributed by atoms with Crippen LogP contribution in [0.15, 0.2) is 18.2 Å². The number of fused-ring (bicyclic) bond motifs is 1. The van der Waals surface area contributed by atoms with Gasteiger partial charge in [-0.05, 0) is 12.1 Å². The second kappa shape index (κ2) is 2.55. The van der Waals surface area contributed by atoms with Gasteiger partial charge in [0.2, 0.25) is 0 Å². The maximum absolute atomic E-state index is 12.7. The smallest absolute Gasteiger partial charge is 0.166 e. The Balaban J connectivity index is 2.81. The predicted molar refractivity (Wildman–Crippen MR) is 48.3 cm³/mol. The SMILES string of the molecule is Nc1nc2ccc(F)cc2nc1N. The van der Waals surface area contributed by atoms with Crippen LogP contribution in [0, 0.1) is 5.82 Å². The molecule has 2 rings (SSSR count). The highest BCUT2D eigenvalue weighted by Gasteiger charge is 2.02. The van der Waals surface area contributed by atoms with E-state index >= 15 is 0 Å². The Labute approximate surface area is 73.4 Å². The van der Waals surface area contributed by atoms with Crippen molar-refractivity contribution in [1.29, 1.82) is 0 Å². The number of hydrogen-bond acceptors (Lipinski definition) is 4. The molecular weight excluding hydrogens is 171 g/mol. The molecule has 0 saturated carbocycles. The number of benzene rings is 1. The van der Waals surface area contributed by atoms with Crippen LogP contribution in [0.25, 0.3) is 11.0 Å². The van der Waals surface area contributed by atoms with Gasteiger partial charge in [0.1, 0.15) is 5.82 Å². The summed E-state index contributed by atoms with van der Waals surface area (Å²) in [6, 6.07) is 4.07. The second-order valence-corrected chi connectivity index (χ2v) is 2.63. The summed E-state index contributed by atoms with van der Waals surface area (Å²) < 4.78 is 12.7. The van der Waals surface area contributed by atoms with Crippen LogP contribution in [-0.2, 0) is 0 Å². The fraction of sp³-hybridized carbons (Fsp3) is 0. The lowest BCUT2D eigenvalue weighted by molar-refractivity contribution is 0.629. The number of nitrogens with two attached hydrogens (primary N) is 2. The van der Waals surface area contributed by atoms with E-state index in [-0.39, 0.29) is 17.5 Å². The van der Waals surface area contributed by atoms with E-state index in [1.54, 1.807) is 0 Å². The third kappa shape index (κ3) is 1.24. The molecule has 1 aromatic heterocycles. The number of rotatable bonds is 0. The predicted octanol–water partition coefficient (Wildman–Crippen LogP) is 0.933. The van der Waals surface area contributed by atoms with E-state index in [1.807, 2.05) is 0 Å². The maximum atomic E-state index is 12.7. The van der Waals surface area contributed by atoms with Gasteiger partial charge in [0.25, 0.3) is 0 Å². The summed E-state index contributed by atoms with van der Waals surface area (Å²) in [7, 11) is 0. The molecule has 0 fully saturated rings. The van der Waals surface area contributed by atoms with E-state index in [2.05, 4.69) is 9.97 Å². The molecule has 0 spiro atoms. The van der Waals surface area contributed by atoms with E-state index in [9.17, 15) is 4.39 Å². The van der Waals surface area contributed by atoms with Gasteiger partial charge in [0.05, 0.1) is 11.0 Å². The van der Waals surface area contributed by atoms with Crippen LogP contribution >= 0.6 is 0 Å². The quantitative estimate of drug-likeness (QED) is 0.629. The van der Waals surface area contributed by atoms with Crippen LogP contribution in [0.2, 0.25) is 0 Å². The van der Waals surface area contributed by atoms with E-state index in [0.717, 1.165) is 0 Å². The monoisotopic (exact) mass is 178 g/mol. The lowest BCUT2D eigenvalue weighted by Crippen LogP contribution is -2.01. The number of hydrogen-bond donors (Lipinski definition) is 2. The Morgan fingerprint density at radius 2 is 1.62 bits per heavy atom. The molecule has 0 radical (unpaired) electrons. The maximum Gasteiger partial charge on any atom is 0.166 e. The highest BCUT2D eigenvalue weighted by Crippen LogP contribution is 2.16. The van der Waals surface area contributed by atoms with Crippen molar-refractivity contribution in [1.82, 2.24) is 9.97 Å². The van der Waals surface area contributed by atoms with Crippen molar-refractivity contribution in [3.05, 3.63) is 24.0 Å². The summed E-state index contributed by atoms with van der Waals surface area (Å²) in [6.45, 7) is 0. The zero-order valence-electron chi connectivity index (χ0n) is 6.66. The van der Waals surface area contributed by atoms with Gasteiger partial charge in [-0.25, -0.2) is 14.4 Å². The first-order valence-corrected chi connectivity index (χ1v) is 3.65. The summed E-state index contributed by atoms with van der Waals surface area (Å²) in [6.07, 6.45) is 0. The van der Waals surface area contributed by atoms with Crippen molar-refractivity contribution < 1.29 is 4.39 Å². The molecule has 4 nitrogen and oxygen atoms in total. The molecule has 0 bridgehead atoms. The standard InChI is InChI=1S/C8H7FN4/c9-4-1-2-5-6(3-4)13-8(11)7(10)12-5/h1-3H,(H2,10,12)(H2,11,13). The van der Waals surface area contributed by atoms with Crippen molar-refractivity contribution in [2.75, 3.05) is 11.5 Å². The number of aromatic nitrogens is 2. The Morgan fingerprint density at radius 3 is 2.31 bits per heavy atom. The molecule has 1 heterocycles. The first-order chi connectivity index (χ1) is 6.16. The van der Waals surface area contributed by atoms with E-state index < -0.39 is 0 Å². The number of nitrogen functional groups attached to an aromatic ring is 2. The Kier molecular flexibility index (Phi) is 1.51. The van der Waals surface area contributed by atoms with E-state index in [0.29, 0.717) is 11.0 Å². The van der Waals surface area contributed by atoms with Gasteiger partial charge in [0.15, 0.2) is 11.6 Å². The highest BCUT2D eigenvalue weighted by molar-refractivity contribution is 5.78. The molecule has 66 valence electrons. The van der Waals surface area contributed by atoms with E-state index in [1.165, 1.54) is 18.2 Å². The second-order valence-electron chi connectivity index (χ2n) is 2.63. The minimum atomic E-state index is -0.369. The molecule has 0 atom stereocenters. The molecule has 5 heteroatoms. The summed E-state index contributed by atoms with van der Waals surface area (Å²) in [5.74, 6) is -0.0804. The first-order valence-electron chi connectivity index (χ1n) is 3.65. The van der Waals surface area contributed by atoms with Crippen LogP contribution in [0.5, 0.6) is 0 Å². The van der Waals surface area contributed by atoms with Gasteiger partial charge >= 0.3 is 0 Å². The minimum Gasteiger partial charge on any atom is -0.381 e. The molecule has 13 heavy (non-hydrogen) atoms. The molecule has 0 aliphatic heterocycles. The van der Waals surface area contributed by atoms with Gasteiger partial charge in [-0.1, -0.05) is 0 Å². The molecule has 2 aromatic rings. The first kappa shape index (κ1) is 7.72. The topological polar surface area (TPSA) is 77.8 Å². The van der Waals surface area contributed by atoms with Crippen molar-refractivity contribution in [2.45, 2.75) is 0 Å². The molecule has 0 unspecified atom stereocenters. The summed E-state index contributed by atoms with van der Waals surface area (Å²) in [5.41, 5.74) is 11.8.